The van der Waals surface area contributed by atoms with Crippen molar-refractivity contribution in [1.82, 2.24) is 9.55 Å². The maximum atomic E-state index is 11.2. The monoisotopic (exact) mass is 218 g/mol. The van der Waals surface area contributed by atoms with Crippen molar-refractivity contribution < 1.29 is 9.47 Å². The smallest absolute Gasteiger partial charge is 0.347 e. The molecular formula is C8H11ClN2O3. The molecular weight excluding hydrogens is 208 g/mol. The van der Waals surface area contributed by atoms with Crippen molar-refractivity contribution in [3.05, 3.63) is 27.9 Å². The van der Waals surface area contributed by atoms with Crippen molar-refractivity contribution in [1.29, 1.82) is 0 Å². The quantitative estimate of drug-likeness (QED) is 0.692. The van der Waals surface area contributed by atoms with Gasteiger partial charge in [-0.2, -0.15) is 0 Å². The van der Waals surface area contributed by atoms with Gasteiger partial charge < -0.3 is 9.47 Å². The summed E-state index contributed by atoms with van der Waals surface area (Å²) in [5.41, 5.74) is -0.381. The van der Waals surface area contributed by atoms with Crippen LogP contribution in [0.4, 0.5) is 0 Å². The number of nitrogens with zero attached hydrogens (tertiary/aromatic N) is 2. The van der Waals surface area contributed by atoms with E-state index in [0.717, 1.165) is 0 Å². The first-order valence-electron chi connectivity index (χ1n) is 3.95. The fourth-order valence-electron chi connectivity index (χ4n) is 0.965. The molecule has 0 saturated carbocycles. The van der Waals surface area contributed by atoms with Crippen LogP contribution in [0.3, 0.4) is 0 Å². The summed E-state index contributed by atoms with van der Waals surface area (Å²) in [5.74, 6) is 0. The van der Waals surface area contributed by atoms with Gasteiger partial charge in [0.05, 0.1) is 17.8 Å². The first kappa shape index (κ1) is 11.2. The van der Waals surface area contributed by atoms with Crippen LogP contribution in [0, 0.1) is 0 Å². The van der Waals surface area contributed by atoms with Crippen LogP contribution < -0.4 is 5.69 Å². The zero-order valence-corrected chi connectivity index (χ0v) is 8.69. The van der Waals surface area contributed by atoms with E-state index in [1.807, 2.05) is 0 Å². The van der Waals surface area contributed by atoms with Crippen molar-refractivity contribution >= 4 is 11.6 Å². The molecule has 0 saturated heterocycles. The molecule has 0 unspecified atom stereocenters. The molecule has 0 aliphatic carbocycles. The zero-order valence-electron chi connectivity index (χ0n) is 7.94. The Kier molecular flexibility index (Phi) is 4.06. The summed E-state index contributed by atoms with van der Waals surface area (Å²) in [4.78, 5) is 14.8. The van der Waals surface area contributed by atoms with Crippen LogP contribution in [0.25, 0.3) is 0 Å². The summed E-state index contributed by atoms with van der Waals surface area (Å²) in [6.07, 6.45) is 2.31. The van der Waals surface area contributed by atoms with Gasteiger partial charge in [0.2, 0.25) is 0 Å². The van der Waals surface area contributed by atoms with Crippen molar-refractivity contribution in [2.24, 2.45) is 0 Å². The maximum absolute atomic E-state index is 11.2. The van der Waals surface area contributed by atoms with Gasteiger partial charge in [0.1, 0.15) is 0 Å². The van der Waals surface area contributed by atoms with E-state index in [0.29, 0.717) is 5.02 Å². The maximum Gasteiger partial charge on any atom is 0.347 e. The molecule has 0 spiro atoms. The van der Waals surface area contributed by atoms with Gasteiger partial charge in [-0.3, -0.25) is 4.57 Å². The number of hydrogen-bond donors (Lipinski definition) is 0. The van der Waals surface area contributed by atoms with Crippen LogP contribution in [-0.4, -0.2) is 30.1 Å². The summed E-state index contributed by atoms with van der Waals surface area (Å²) in [6.45, 7) is 0.263. The average molecular weight is 219 g/mol. The molecule has 0 fully saturated rings. The molecule has 0 aromatic carbocycles. The number of methoxy groups -OCH3 is 2. The average Bonchev–Trinajstić information content (AvgIpc) is 2.19. The Morgan fingerprint density at radius 2 is 2.21 bits per heavy atom. The lowest BCUT2D eigenvalue weighted by Crippen LogP contribution is -2.29. The van der Waals surface area contributed by atoms with E-state index in [1.54, 1.807) is 0 Å². The molecule has 5 nitrogen and oxygen atoms in total. The van der Waals surface area contributed by atoms with Gasteiger partial charge in [-0.15, -0.1) is 0 Å². The van der Waals surface area contributed by atoms with E-state index in [9.17, 15) is 4.79 Å². The Morgan fingerprint density at radius 3 is 2.79 bits per heavy atom. The fourth-order valence-corrected chi connectivity index (χ4v) is 1.13. The highest BCUT2D eigenvalue weighted by atomic mass is 35.5. The number of ether oxygens (including phenoxy) is 2. The second kappa shape index (κ2) is 5.09. The minimum Gasteiger partial charge on any atom is -0.354 e. The largest absolute Gasteiger partial charge is 0.354 e. The lowest BCUT2D eigenvalue weighted by atomic mass is 10.5. The van der Waals surface area contributed by atoms with Crippen LogP contribution in [-0.2, 0) is 16.0 Å². The molecule has 78 valence electrons. The third-order valence-electron chi connectivity index (χ3n) is 1.69. The van der Waals surface area contributed by atoms with Crippen molar-refractivity contribution in [3.63, 3.8) is 0 Å². The van der Waals surface area contributed by atoms with Gasteiger partial charge >= 0.3 is 5.69 Å². The van der Waals surface area contributed by atoms with E-state index in [2.05, 4.69) is 4.98 Å². The van der Waals surface area contributed by atoms with Gasteiger partial charge in [0.25, 0.3) is 0 Å². The highest BCUT2D eigenvalue weighted by Gasteiger charge is 2.07. The molecule has 1 aromatic heterocycles. The highest BCUT2D eigenvalue weighted by molar-refractivity contribution is 6.30. The molecule has 0 aliphatic heterocycles. The Hall–Kier alpha value is -0.910. The van der Waals surface area contributed by atoms with Crippen LogP contribution in [0.1, 0.15) is 0 Å². The SMILES string of the molecule is COC(Cn1cc(Cl)cnc1=O)OC. The van der Waals surface area contributed by atoms with Gasteiger partial charge in [-0.25, -0.2) is 9.78 Å². The summed E-state index contributed by atoms with van der Waals surface area (Å²) in [6, 6.07) is 0. The Bertz CT molecular complexity index is 349. The Balaban J connectivity index is 2.85. The zero-order chi connectivity index (χ0) is 10.6. The molecule has 0 radical (unpaired) electrons. The summed E-state index contributed by atoms with van der Waals surface area (Å²) < 4.78 is 11.2. The predicted molar refractivity (Wildman–Crippen MR) is 51.3 cm³/mol. The van der Waals surface area contributed by atoms with Gasteiger partial charge in [-0.05, 0) is 0 Å². The molecule has 1 rings (SSSR count). The van der Waals surface area contributed by atoms with Crippen molar-refractivity contribution in [2.75, 3.05) is 14.2 Å². The van der Waals surface area contributed by atoms with E-state index in [1.165, 1.54) is 31.2 Å². The van der Waals surface area contributed by atoms with E-state index in [-0.39, 0.29) is 12.2 Å². The van der Waals surface area contributed by atoms with Crippen LogP contribution >= 0.6 is 11.6 Å². The topological polar surface area (TPSA) is 53.4 Å². The Labute approximate surface area is 86.2 Å². The van der Waals surface area contributed by atoms with Crippen LogP contribution in [0.15, 0.2) is 17.2 Å². The van der Waals surface area contributed by atoms with E-state index < -0.39 is 6.29 Å². The lowest BCUT2D eigenvalue weighted by molar-refractivity contribution is -0.111. The first-order valence-corrected chi connectivity index (χ1v) is 4.32. The molecule has 0 bridgehead atoms. The summed E-state index contributed by atoms with van der Waals surface area (Å²) in [5, 5.41) is 0.399. The van der Waals surface area contributed by atoms with Crippen molar-refractivity contribution in [2.45, 2.75) is 12.8 Å². The number of halogens is 1. The molecule has 14 heavy (non-hydrogen) atoms. The minimum atomic E-state index is -0.479. The Morgan fingerprint density at radius 1 is 1.57 bits per heavy atom. The molecule has 0 amide bonds. The van der Waals surface area contributed by atoms with Crippen molar-refractivity contribution in [3.8, 4) is 0 Å². The standard InChI is InChI=1S/C8H11ClN2O3/c1-13-7(14-2)5-11-4-6(9)3-10-8(11)12/h3-4,7H,5H2,1-2H3. The number of hydrogen-bond acceptors (Lipinski definition) is 4. The first-order chi connectivity index (χ1) is 6.67. The molecule has 6 heteroatoms. The lowest BCUT2D eigenvalue weighted by Gasteiger charge is -2.14. The third kappa shape index (κ3) is 2.80. The second-order valence-electron chi connectivity index (χ2n) is 2.61. The number of aromatic nitrogens is 2. The van der Waals surface area contributed by atoms with E-state index >= 15 is 0 Å². The second-order valence-corrected chi connectivity index (χ2v) is 3.04. The third-order valence-corrected chi connectivity index (χ3v) is 1.89. The normalized spacial score (nSPS) is 10.9. The number of rotatable bonds is 4. The molecule has 1 heterocycles. The molecule has 0 aliphatic rings. The minimum absolute atomic E-state index is 0.263. The van der Waals surface area contributed by atoms with Gasteiger partial charge in [-0.1, -0.05) is 11.6 Å². The van der Waals surface area contributed by atoms with Gasteiger partial charge in [0.15, 0.2) is 6.29 Å². The predicted octanol–water partition coefficient (Wildman–Crippen LogP) is 0.516. The fraction of sp³-hybridized carbons (Fsp3) is 0.500. The van der Waals surface area contributed by atoms with Gasteiger partial charge in [0, 0.05) is 20.4 Å². The summed E-state index contributed by atoms with van der Waals surface area (Å²) >= 11 is 5.68. The molecule has 0 atom stereocenters. The van der Waals surface area contributed by atoms with Crippen LogP contribution in [0.2, 0.25) is 5.02 Å². The molecule has 0 N–H and O–H groups in total. The highest BCUT2D eigenvalue weighted by Crippen LogP contribution is 2.02. The van der Waals surface area contributed by atoms with E-state index in [4.69, 9.17) is 21.1 Å². The molecule has 1 aromatic rings. The van der Waals surface area contributed by atoms with Crippen LogP contribution in [0.5, 0.6) is 0 Å². The summed E-state index contributed by atoms with van der Waals surface area (Å²) in [7, 11) is 2.99.